The zero-order valence-corrected chi connectivity index (χ0v) is 10.8. The molecular formula is C10H8BrClF2O3. The number of carboxylic acids is 1. The lowest BCUT2D eigenvalue weighted by Gasteiger charge is -2.11. The van der Waals surface area contributed by atoms with Crippen molar-refractivity contribution in [2.75, 3.05) is 0 Å². The van der Waals surface area contributed by atoms with E-state index in [9.17, 15) is 13.6 Å². The van der Waals surface area contributed by atoms with Crippen LogP contribution in [0, 0.1) is 0 Å². The van der Waals surface area contributed by atoms with Gasteiger partial charge in [0.1, 0.15) is 5.75 Å². The normalized spacial score (nSPS) is 10.6. The van der Waals surface area contributed by atoms with Gasteiger partial charge in [-0.1, -0.05) is 33.6 Å². The SMILES string of the molecule is O=C(O)Cc1cc(CBr)cc(OC(F)F)c1Cl. The number of carboxylic acid groups (broad SMARTS) is 1. The lowest BCUT2D eigenvalue weighted by Crippen LogP contribution is -2.06. The largest absolute Gasteiger partial charge is 0.481 e. The fourth-order valence-corrected chi connectivity index (χ4v) is 1.81. The van der Waals surface area contributed by atoms with Gasteiger partial charge in [0.15, 0.2) is 0 Å². The number of alkyl halides is 3. The Bertz CT molecular complexity index is 426. The zero-order valence-electron chi connectivity index (χ0n) is 8.42. The fraction of sp³-hybridized carbons (Fsp3) is 0.300. The molecule has 0 aromatic heterocycles. The van der Waals surface area contributed by atoms with Gasteiger partial charge in [-0.2, -0.15) is 8.78 Å². The van der Waals surface area contributed by atoms with E-state index >= 15 is 0 Å². The molecule has 0 bridgehead atoms. The van der Waals surface area contributed by atoms with Crippen molar-refractivity contribution in [1.82, 2.24) is 0 Å². The van der Waals surface area contributed by atoms with Crippen molar-refractivity contribution in [1.29, 1.82) is 0 Å². The van der Waals surface area contributed by atoms with Gasteiger partial charge in [0.2, 0.25) is 0 Å². The standard InChI is InChI=1S/C10H8BrClF2O3/c11-4-5-1-6(3-8(15)16)9(12)7(2-5)17-10(13)14/h1-2,10H,3-4H2,(H,15,16). The van der Waals surface area contributed by atoms with Gasteiger partial charge in [0.25, 0.3) is 0 Å². The molecule has 1 N–H and O–H groups in total. The average Bonchev–Trinajstić information content (AvgIpc) is 2.22. The quantitative estimate of drug-likeness (QED) is 0.842. The van der Waals surface area contributed by atoms with Crippen LogP contribution in [0.2, 0.25) is 5.02 Å². The van der Waals surface area contributed by atoms with E-state index in [2.05, 4.69) is 20.7 Å². The third-order valence-electron chi connectivity index (χ3n) is 1.89. The maximum absolute atomic E-state index is 12.1. The lowest BCUT2D eigenvalue weighted by molar-refractivity contribution is -0.136. The van der Waals surface area contributed by atoms with Gasteiger partial charge in [-0.15, -0.1) is 0 Å². The molecule has 0 amide bonds. The summed E-state index contributed by atoms with van der Waals surface area (Å²) < 4.78 is 28.5. The molecule has 1 rings (SSSR count). The molecule has 0 atom stereocenters. The Morgan fingerprint density at radius 2 is 2.18 bits per heavy atom. The summed E-state index contributed by atoms with van der Waals surface area (Å²) >= 11 is 8.94. The molecule has 17 heavy (non-hydrogen) atoms. The molecule has 0 aliphatic carbocycles. The third-order valence-corrected chi connectivity index (χ3v) is 2.96. The van der Waals surface area contributed by atoms with Gasteiger partial charge in [-0.05, 0) is 17.2 Å². The topological polar surface area (TPSA) is 46.5 Å². The number of hydrogen-bond acceptors (Lipinski definition) is 2. The number of rotatable bonds is 5. The summed E-state index contributed by atoms with van der Waals surface area (Å²) in [6.07, 6.45) is -0.348. The van der Waals surface area contributed by atoms with E-state index in [1.165, 1.54) is 12.1 Å². The highest BCUT2D eigenvalue weighted by molar-refractivity contribution is 9.08. The van der Waals surface area contributed by atoms with E-state index in [-0.39, 0.29) is 22.8 Å². The molecule has 0 spiro atoms. The minimum atomic E-state index is -3.00. The Labute approximate surface area is 109 Å². The van der Waals surface area contributed by atoms with Crippen LogP contribution < -0.4 is 4.74 Å². The van der Waals surface area contributed by atoms with Crippen LogP contribution in [0.1, 0.15) is 11.1 Å². The summed E-state index contributed by atoms with van der Waals surface area (Å²) in [6.45, 7) is -3.00. The Morgan fingerprint density at radius 3 is 2.65 bits per heavy atom. The second kappa shape index (κ2) is 6.16. The molecule has 0 fully saturated rings. The Balaban J connectivity index is 3.15. The van der Waals surface area contributed by atoms with Crippen molar-refractivity contribution in [3.63, 3.8) is 0 Å². The molecule has 0 aliphatic heterocycles. The van der Waals surface area contributed by atoms with Crippen LogP contribution in [0.4, 0.5) is 8.78 Å². The van der Waals surface area contributed by atoms with E-state index < -0.39 is 12.6 Å². The first kappa shape index (κ1) is 14.2. The number of hydrogen-bond donors (Lipinski definition) is 1. The van der Waals surface area contributed by atoms with Gasteiger partial charge in [-0.3, -0.25) is 4.79 Å². The fourth-order valence-electron chi connectivity index (χ4n) is 1.27. The maximum atomic E-state index is 12.1. The first-order valence-electron chi connectivity index (χ1n) is 4.48. The van der Waals surface area contributed by atoms with E-state index in [1.807, 2.05) is 0 Å². The summed E-state index contributed by atoms with van der Waals surface area (Å²) in [4.78, 5) is 10.6. The van der Waals surface area contributed by atoms with Crippen LogP contribution in [0.15, 0.2) is 12.1 Å². The minimum Gasteiger partial charge on any atom is -0.481 e. The monoisotopic (exact) mass is 328 g/mol. The first-order chi connectivity index (χ1) is 7.93. The third kappa shape index (κ3) is 4.12. The van der Waals surface area contributed by atoms with Gasteiger partial charge in [-0.25, -0.2) is 0 Å². The van der Waals surface area contributed by atoms with Crippen LogP contribution in [0.3, 0.4) is 0 Å². The van der Waals surface area contributed by atoms with Crippen molar-refractivity contribution in [3.8, 4) is 5.75 Å². The predicted octanol–water partition coefficient (Wildman–Crippen LogP) is 3.46. The molecule has 0 unspecified atom stereocenters. The average molecular weight is 330 g/mol. The number of aliphatic carboxylic acids is 1. The number of benzene rings is 1. The highest BCUT2D eigenvalue weighted by Crippen LogP contribution is 2.32. The molecule has 0 saturated carbocycles. The highest BCUT2D eigenvalue weighted by atomic mass is 79.9. The molecule has 0 aliphatic rings. The lowest BCUT2D eigenvalue weighted by atomic mass is 10.1. The summed E-state index contributed by atoms with van der Waals surface area (Å²) in [5.41, 5.74) is 0.855. The van der Waals surface area contributed by atoms with Crippen LogP contribution >= 0.6 is 27.5 Å². The van der Waals surface area contributed by atoms with Crippen molar-refractivity contribution in [2.24, 2.45) is 0 Å². The van der Waals surface area contributed by atoms with Crippen LogP contribution in [0.5, 0.6) is 5.75 Å². The van der Waals surface area contributed by atoms with Gasteiger partial charge >= 0.3 is 12.6 Å². The summed E-state index contributed by atoms with van der Waals surface area (Å²) in [6, 6.07) is 2.87. The molecule has 94 valence electrons. The summed E-state index contributed by atoms with van der Waals surface area (Å²) in [7, 11) is 0. The smallest absolute Gasteiger partial charge is 0.387 e. The summed E-state index contributed by atoms with van der Waals surface area (Å²) in [5, 5.41) is 8.95. The van der Waals surface area contributed by atoms with Gasteiger partial charge in [0, 0.05) is 5.33 Å². The second-order valence-corrected chi connectivity index (χ2v) is 4.09. The summed E-state index contributed by atoms with van der Waals surface area (Å²) in [5.74, 6) is -1.31. The molecule has 3 nitrogen and oxygen atoms in total. The molecule has 0 radical (unpaired) electrons. The highest BCUT2D eigenvalue weighted by Gasteiger charge is 2.15. The Morgan fingerprint density at radius 1 is 1.53 bits per heavy atom. The number of halogens is 4. The van der Waals surface area contributed by atoms with Crippen LogP contribution in [-0.4, -0.2) is 17.7 Å². The van der Waals surface area contributed by atoms with Crippen molar-refractivity contribution in [3.05, 3.63) is 28.3 Å². The molecule has 1 aromatic rings. The molecule has 7 heteroatoms. The Kier molecular flexibility index (Phi) is 5.14. The van der Waals surface area contributed by atoms with Crippen molar-refractivity contribution >= 4 is 33.5 Å². The molecule has 0 saturated heterocycles. The Hall–Kier alpha value is -0.880. The van der Waals surface area contributed by atoms with E-state index in [1.54, 1.807) is 0 Å². The van der Waals surface area contributed by atoms with Crippen LogP contribution in [-0.2, 0) is 16.5 Å². The molecular weight excluding hydrogens is 321 g/mol. The second-order valence-electron chi connectivity index (χ2n) is 3.15. The number of carbonyl (C=O) groups is 1. The van der Waals surface area contributed by atoms with Crippen molar-refractivity contribution in [2.45, 2.75) is 18.4 Å². The van der Waals surface area contributed by atoms with Crippen LogP contribution in [0.25, 0.3) is 0 Å². The maximum Gasteiger partial charge on any atom is 0.387 e. The zero-order chi connectivity index (χ0) is 13.0. The number of ether oxygens (including phenoxy) is 1. The molecule has 0 heterocycles. The van der Waals surface area contributed by atoms with Gasteiger partial charge in [0.05, 0.1) is 11.4 Å². The van der Waals surface area contributed by atoms with E-state index in [0.29, 0.717) is 10.9 Å². The predicted molar refractivity (Wildman–Crippen MR) is 62.1 cm³/mol. The van der Waals surface area contributed by atoms with Gasteiger partial charge < -0.3 is 9.84 Å². The minimum absolute atomic E-state index is 0.0996. The van der Waals surface area contributed by atoms with E-state index in [0.717, 1.165) is 0 Å². The van der Waals surface area contributed by atoms with E-state index in [4.69, 9.17) is 16.7 Å². The first-order valence-corrected chi connectivity index (χ1v) is 5.98. The van der Waals surface area contributed by atoms with Crippen molar-refractivity contribution < 1.29 is 23.4 Å². The molecule has 1 aromatic carbocycles.